The lowest BCUT2D eigenvalue weighted by Gasteiger charge is -2.32. The number of carbonyl (C=O) groups excluding carboxylic acids is 2. The van der Waals surface area contributed by atoms with Crippen LogP contribution in [0.3, 0.4) is 0 Å². The summed E-state index contributed by atoms with van der Waals surface area (Å²) in [6, 6.07) is 13.0. The summed E-state index contributed by atoms with van der Waals surface area (Å²) < 4.78 is 21.3. The van der Waals surface area contributed by atoms with Crippen LogP contribution in [0, 0.1) is 5.82 Å². The number of carbonyl (C=O) groups is 2. The second-order valence-corrected chi connectivity index (χ2v) is 6.32. The van der Waals surface area contributed by atoms with Crippen molar-refractivity contribution in [2.75, 3.05) is 16.8 Å². The molecule has 2 amide bonds. The molecule has 1 atom stereocenters. The third-order valence-electron chi connectivity index (χ3n) is 4.36. The van der Waals surface area contributed by atoms with E-state index in [9.17, 15) is 14.0 Å². The average Bonchev–Trinajstić information content (AvgIpc) is 3.20. The fraction of sp³-hybridized carbons (Fsp3) is 0.150. The van der Waals surface area contributed by atoms with Crippen molar-refractivity contribution in [3.05, 3.63) is 66.7 Å². The van der Waals surface area contributed by atoms with Gasteiger partial charge in [-0.2, -0.15) is 5.10 Å². The normalized spacial score (nSPS) is 15.7. The summed E-state index contributed by atoms with van der Waals surface area (Å²) in [6.45, 7) is 1.43. The molecule has 0 saturated carbocycles. The molecule has 0 unspecified atom stereocenters. The van der Waals surface area contributed by atoms with Gasteiger partial charge in [-0.1, -0.05) is 12.1 Å². The number of rotatable bonds is 4. The third kappa shape index (κ3) is 3.32. The molecular formula is C20H17FN4O3. The zero-order valence-electron chi connectivity index (χ0n) is 15.0. The molecule has 142 valence electrons. The molecule has 1 aromatic heterocycles. The van der Waals surface area contributed by atoms with E-state index in [1.165, 1.54) is 21.7 Å². The standard InChI is InChI=1S/C20H17FN4O3/c1-13-20(27)24(17-5-2-3-6-18(17)28-13)12-19(26)23-14-7-8-16(15(21)11-14)25-10-4-9-22-25/h2-11,13H,12H2,1H3,(H,23,26)/t13-/m0/s1. The van der Waals surface area contributed by atoms with Crippen molar-refractivity contribution in [2.45, 2.75) is 13.0 Å². The van der Waals surface area contributed by atoms with Crippen LogP contribution in [-0.2, 0) is 9.59 Å². The molecule has 2 aromatic carbocycles. The topological polar surface area (TPSA) is 76.5 Å². The Kier molecular flexibility index (Phi) is 4.52. The Hall–Kier alpha value is -3.68. The van der Waals surface area contributed by atoms with Gasteiger partial charge in [0.15, 0.2) is 11.9 Å². The van der Waals surface area contributed by atoms with Crippen molar-refractivity contribution >= 4 is 23.2 Å². The minimum Gasteiger partial charge on any atom is -0.479 e. The number of amides is 2. The van der Waals surface area contributed by atoms with Crippen LogP contribution in [0.5, 0.6) is 5.75 Å². The summed E-state index contributed by atoms with van der Waals surface area (Å²) in [7, 11) is 0. The van der Waals surface area contributed by atoms with Gasteiger partial charge in [-0.25, -0.2) is 9.07 Å². The number of benzene rings is 2. The van der Waals surface area contributed by atoms with Crippen molar-refractivity contribution in [1.29, 1.82) is 0 Å². The van der Waals surface area contributed by atoms with Crippen LogP contribution in [0.1, 0.15) is 6.92 Å². The van der Waals surface area contributed by atoms with E-state index in [0.29, 0.717) is 17.1 Å². The van der Waals surface area contributed by atoms with Crippen molar-refractivity contribution in [1.82, 2.24) is 9.78 Å². The van der Waals surface area contributed by atoms with E-state index in [0.717, 1.165) is 0 Å². The van der Waals surface area contributed by atoms with Crippen LogP contribution in [0.25, 0.3) is 5.69 Å². The summed E-state index contributed by atoms with van der Waals surface area (Å²) in [4.78, 5) is 26.3. The van der Waals surface area contributed by atoms with Gasteiger partial charge in [0.2, 0.25) is 5.91 Å². The Labute approximate surface area is 160 Å². The molecule has 3 aromatic rings. The van der Waals surface area contributed by atoms with E-state index in [-0.39, 0.29) is 18.1 Å². The Morgan fingerprint density at radius 3 is 2.79 bits per heavy atom. The molecule has 1 N–H and O–H groups in total. The van der Waals surface area contributed by atoms with Gasteiger partial charge in [-0.3, -0.25) is 14.5 Å². The number of hydrogen-bond acceptors (Lipinski definition) is 4. The number of aromatic nitrogens is 2. The summed E-state index contributed by atoms with van der Waals surface area (Å²) in [6.07, 6.45) is 2.49. The van der Waals surface area contributed by atoms with E-state index in [2.05, 4.69) is 10.4 Å². The third-order valence-corrected chi connectivity index (χ3v) is 4.36. The Balaban J connectivity index is 1.50. The van der Waals surface area contributed by atoms with Crippen LogP contribution in [0.2, 0.25) is 0 Å². The molecule has 0 radical (unpaired) electrons. The van der Waals surface area contributed by atoms with Gasteiger partial charge >= 0.3 is 0 Å². The lowest BCUT2D eigenvalue weighted by atomic mass is 10.2. The fourth-order valence-electron chi connectivity index (χ4n) is 3.05. The van der Waals surface area contributed by atoms with Gasteiger partial charge in [0.1, 0.15) is 18.0 Å². The molecule has 28 heavy (non-hydrogen) atoms. The van der Waals surface area contributed by atoms with Crippen molar-refractivity contribution < 1.29 is 18.7 Å². The average molecular weight is 380 g/mol. The van der Waals surface area contributed by atoms with E-state index in [1.54, 1.807) is 55.7 Å². The SMILES string of the molecule is C[C@@H]1Oc2ccccc2N(CC(=O)Nc2ccc(-n3cccn3)c(F)c2)C1=O. The molecule has 4 rings (SSSR count). The summed E-state index contributed by atoms with van der Waals surface area (Å²) >= 11 is 0. The number of fused-ring (bicyclic) bond motifs is 1. The van der Waals surface area contributed by atoms with E-state index in [1.807, 2.05) is 0 Å². The zero-order chi connectivity index (χ0) is 19.7. The van der Waals surface area contributed by atoms with Crippen LogP contribution in [0.4, 0.5) is 15.8 Å². The highest BCUT2D eigenvalue weighted by Gasteiger charge is 2.32. The quantitative estimate of drug-likeness (QED) is 0.755. The Bertz CT molecular complexity index is 1040. The van der Waals surface area contributed by atoms with Gasteiger partial charge in [0, 0.05) is 18.1 Å². The second-order valence-electron chi connectivity index (χ2n) is 6.32. The number of para-hydroxylation sites is 2. The van der Waals surface area contributed by atoms with E-state index >= 15 is 0 Å². The first kappa shape index (κ1) is 17.7. The molecular weight excluding hydrogens is 363 g/mol. The number of hydrogen-bond donors (Lipinski definition) is 1. The maximum absolute atomic E-state index is 14.3. The predicted octanol–water partition coefficient (Wildman–Crippen LogP) is 2.76. The molecule has 2 heterocycles. The molecule has 0 bridgehead atoms. The highest BCUT2D eigenvalue weighted by atomic mass is 19.1. The minimum atomic E-state index is -0.687. The first-order valence-corrected chi connectivity index (χ1v) is 8.69. The number of nitrogens with zero attached hydrogens (tertiary/aromatic N) is 3. The van der Waals surface area contributed by atoms with Crippen molar-refractivity contribution in [2.24, 2.45) is 0 Å². The van der Waals surface area contributed by atoms with Crippen molar-refractivity contribution in [3.8, 4) is 11.4 Å². The highest BCUT2D eigenvalue weighted by Crippen LogP contribution is 2.33. The predicted molar refractivity (Wildman–Crippen MR) is 101 cm³/mol. The summed E-state index contributed by atoms with van der Waals surface area (Å²) in [5.41, 5.74) is 1.09. The van der Waals surface area contributed by atoms with Gasteiger partial charge < -0.3 is 10.1 Å². The first-order chi connectivity index (χ1) is 13.5. The lowest BCUT2D eigenvalue weighted by molar-refractivity contribution is -0.127. The maximum Gasteiger partial charge on any atom is 0.268 e. The molecule has 7 nitrogen and oxygen atoms in total. The maximum atomic E-state index is 14.3. The van der Waals surface area contributed by atoms with Gasteiger partial charge in [-0.05, 0) is 43.3 Å². The van der Waals surface area contributed by atoms with Gasteiger partial charge in [0.25, 0.3) is 5.91 Å². The molecule has 0 fully saturated rings. The lowest BCUT2D eigenvalue weighted by Crippen LogP contribution is -2.47. The largest absolute Gasteiger partial charge is 0.479 e. The monoisotopic (exact) mass is 380 g/mol. The minimum absolute atomic E-state index is 0.202. The van der Waals surface area contributed by atoms with Crippen LogP contribution in [-0.4, -0.2) is 34.2 Å². The fourth-order valence-corrected chi connectivity index (χ4v) is 3.05. The highest BCUT2D eigenvalue weighted by molar-refractivity contribution is 6.06. The molecule has 0 aliphatic carbocycles. The number of anilines is 2. The molecule has 8 heteroatoms. The molecule has 0 spiro atoms. The van der Waals surface area contributed by atoms with Crippen LogP contribution >= 0.6 is 0 Å². The second kappa shape index (κ2) is 7.15. The van der Waals surface area contributed by atoms with Gasteiger partial charge in [-0.15, -0.1) is 0 Å². The van der Waals surface area contributed by atoms with Crippen molar-refractivity contribution in [3.63, 3.8) is 0 Å². The van der Waals surface area contributed by atoms with E-state index < -0.39 is 17.8 Å². The smallest absolute Gasteiger partial charge is 0.268 e. The van der Waals surface area contributed by atoms with Crippen LogP contribution in [0.15, 0.2) is 60.9 Å². The Morgan fingerprint density at radius 1 is 1.21 bits per heavy atom. The van der Waals surface area contributed by atoms with E-state index in [4.69, 9.17) is 4.74 Å². The van der Waals surface area contributed by atoms with Gasteiger partial charge in [0.05, 0.1) is 5.69 Å². The number of ether oxygens (including phenoxy) is 1. The summed E-state index contributed by atoms with van der Waals surface area (Å²) in [5, 5.41) is 6.61. The molecule has 1 aliphatic heterocycles. The number of halogens is 1. The summed E-state index contributed by atoms with van der Waals surface area (Å²) in [5.74, 6) is -0.738. The first-order valence-electron chi connectivity index (χ1n) is 8.69. The number of nitrogens with one attached hydrogen (secondary N) is 1. The molecule has 0 saturated heterocycles. The Morgan fingerprint density at radius 2 is 2.04 bits per heavy atom. The zero-order valence-corrected chi connectivity index (χ0v) is 15.0. The molecule has 1 aliphatic rings. The van der Waals surface area contributed by atoms with Crippen LogP contribution < -0.4 is 15.0 Å².